The summed E-state index contributed by atoms with van der Waals surface area (Å²) in [6.45, 7) is 2.03. The largest absolute Gasteiger partial charge is 0.481 e. The summed E-state index contributed by atoms with van der Waals surface area (Å²) in [6.07, 6.45) is 4.16. The van der Waals surface area contributed by atoms with Gasteiger partial charge in [-0.3, -0.25) is 4.79 Å². The summed E-state index contributed by atoms with van der Waals surface area (Å²) in [5, 5.41) is 10.2. The van der Waals surface area contributed by atoms with Gasteiger partial charge in [0.1, 0.15) is 0 Å². The molecule has 4 nitrogen and oxygen atoms in total. The third-order valence-electron chi connectivity index (χ3n) is 4.40. The predicted octanol–water partition coefficient (Wildman–Crippen LogP) is 3.66. The van der Waals surface area contributed by atoms with Gasteiger partial charge in [-0.1, -0.05) is 30.9 Å². The number of aliphatic carboxylic acids is 1. The number of benzene rings is 1. The summed E-state index contributed by atoms with van der Waals surface area (Å²) < 4.78 is 10.7. The van der Waals surface area contributed by atoms with Crippen molar-refractivity contribution >= 4 is 17.6 Å². The number of carboxylic acid groups (broad SMARTS) is 1. The molecule has 0 unspecified atom stereocenters. The van der Waals surface area contributed by atoms with E-state index in [2.05, 4.69) is 0 Å². The zero-order chi connectivity index (χ0) is 14.3. The van der Waals surface area contributed by atoms with E-state index in [1.54, 1.807) is 0 Å². The number of hydrogen-bond donors (Lipinski definition) is 1. The normalized spacial score (nSPS) is 19.9. The summed E-state index contributed by atoms with van der Waals surface area (Å²) in [5.74, 6) is 0.298. The van der Waals surface area contributed by atoms with E-state index in [9.17, 15) is 9.90 Å². The van der Waals surface area contributed by atoms with Crippen LogP contribution in [0, 0.1) is 6.92 Å². The first-order valence-electron chi connectivity index (χ1n) is 6.89. The molecule has 1 N–H and O–H groups in total. The average molecular weight is 297 g/mol. The Bertz CT molecular complexity index is 561. The Morgan fingerprint density at radius 1 is 1.30 bits per heavy atom. The fourth-order valence-electron chi connectivity index (χ4n) is 3.44. The predicted molar refractivity (Wildman–Crippen MR) is 74.7 cm³/mol. The second-order valence-corrected chi connectivity index (χ2v) is 5.94. The van der Waals surface area contributed by atoms with Gasteiger partial charge in [0.05, 0.1) is 10.4 Å². The van der Waals surface area contributed by atoms with Crippen LogP contribution >= 0.6 is 11.6 Å². The first kappa shape index (κ1) is 13.6. The molecule has 3 rings (SSSR count). The molecule has 1 fully saturated rings. The minimum atomic E-state index is -0.888. The highest BCUT2D eigenvalue weighted by Crippen LogP contribution is 2.50. The molecule has 0 radical (unpaired) electrons. The summed E-state index contributed by atoms with van der Waals surface area (Å²) in [7, 11) is 0. The highest BCUT2D eigenvalue weighted by Gasteiger charge is 2.45. The highest BCUT2D eigenvalue weighted by atomic mass is 35.5. The molecule has 0 amide bonds. The number of fused-ring (bicyclic) bond motifs is 1. The van der Waals surface area contributed by atoms with E-state index in [-0.39, 0.29) is 6.79 Å². The maximum absolute atomic E-state index is 12.0. The number of carboxylic acids is 1. The van der Waals surface area contributed by atoms with Crippen molar-refractivity contribution in [2.75, 3.05) is 6.79 Å². The van der Waals surface area contributed by atoms with Crippen LogP contribution in [0.25, 0.3) is 0 Å². The van der Waals surface area contributed by atoms with Gasteiger partial charge in [0.25, 0.3) is 0 Å². The molecule has 0 spiro atoms. The van der Waals surface area contributed by atoms with Gasteiger partial charge in [-0.05, 0) is 37.0 Å². The van der Waals surface area contributed by atoms with Crippen LogP contribution in [0.3, 0.4) is 0 Å². The molecular formula is C15H17ClO4. The van der Waals surface area contributed by atoms with Crippen molar-refractivity contribution in [3.63, 3.8) is 0 Å². The molecule has 0 atom stereocenters. The molecule has 0 bridgehead atoms. The van der Waals surface area contributed by atoms with Crippen molar-refractivity contribution in [2.24, 2.45) is 0 Å². The van der Waals surface area contributed by atoms with Crippen LogP contribution in [-0.4, -0.2) is 17.9 Å². The van der Waals surface area contributed by atoms with E-state index in [0.717, 1.165) is 24.8 Å². The Morgan fingerprint density at radius 3 is 2.65 bits per heavy atom. The monoisotopic (exact) mass is 296 g/mol. The van der Waals surface area contributed by atoms with E-state index < -0.39 is 11.4 Å². The van der Waals surface area contributed by atoms with Crippen LogP contribution in [0.15, 0.2) is 6.07 Å². The van der Waals surface area contributed by atoms with Crippen molar-refractivity contribution in [3.8, 4) is 11.5 Å². The molecule has 1 saturated carbocycles. The molecular weight excluding hydrogens is 280 g/mol. The van der Waals surface area contributed by atoms with Gasteiger partial charge in [0, 0.05) is 0 Å². The number of hydrogen-bond acceptors (Lipinski definition) is 3. The third-order valence-corrected chi connectivity index (χ3v) is 4.76. The van der Waals surface area contributed by atoms with Gasteiger partial charge in [0.15, 0.2) is 11.5 Å². The van der Waals surface area contributed by atoms with Gasteiger partial charge >= 0.3 is 5.97 Å². The fourth-order valence-corrected chi connectivity index (χ4v) is 3.91. The topological polar surface area (TPSA) is 55.8 Å². The Morgan fingerprint density at radius 2 is 2.00 bits per heavy atom. The van der Waals surface area contributed by atoms with E-state index >= 15 is 0 Å². The Kier molecular flexibility index (Phi) is 3.28. The molecule has 5 heteroatoms. The molecule has 0 aromatic heterocycles. The Hall–Kier alpha value is -1.42. The van der Waals surface area contributed by atoms with E-state index in [1.165, 1.54) is 0 Å². The third kappa shape index (κ3) is 1.85. The minimum Gasteiger partial charge on any atom is -0.481 e. The van der Waals surface area contributed by atoms with Crippen LogP contribution in [0.5, 0.6) is 11.5 Å². The van der Waals surface area contributed by atoms with Crippen LogP contribution < -0.4 is 9.47 Å². The first-order chi connectivity index (χ1) is 9.56. The zero-order valence-corrected chi connectivity index (χ0v) is 12.1. The molecule has 1 aliphatic carbocycles. The lowest BCUT2D eigenvalue weighted by Crippen LogP contribution is -2.38. The quantitative estimate of drug-likeness (QED) is 0.905. The highest BCUT2D eigenvalue weighted by molar-refractivity contribution is 6.33. The number of halogens is 1. The molecule has 0 saturated heterocycles. The molecule has 108 valence electrons. The molecule has 1 aromatic carbocycles. The van der Waals surface area contributed by atoms with Gasteiger partial charge < -0.3 is 14.6 Å². The number of rotatable bonds is 2. The lowest BCUT2D eigenvalue weighted by atomic mass is 9.68. The van der Waals surface area contributed by atoms with Crippen LogP contribution in [0.4, 0.5) is 0 Å². The molecule has 2 aliphatic rings. The zero-order valence-electron chi connectivity index (χ0n) is 11.4. The van der Waals surface area contributed by atoms with E-state index in [1.807, 2.05) is 13.0 Å². The summed E-state index contributed by atoms with van der Waals surface area (Å²) in [5.41, 5.74) is 0.680. The maximum atomic E-state index is 12.0. The first-order valence-corrected chi connectivity index (χ1v) is 7.26. The number of ether oxygens (including phenoxy) is 2. The Balaban J connectivity index is 2.19. The van der Waals surface area contributed by atoms with Crippen molar-refractivity contribution in [1.29, 1.82) is 0 Å². The smallest absolute Gasteiger partial charge is 0.314 e. The van der Waals surface area contributed by atoms with Crippen LogP contribution in [0.1, 0.15) is 43.2 Å². The lowest BCUT2D eigenvalue weighted by molar-refractivity contribution is -0.145. The van der Waals surface area contributed by atoms with Crippen molar-refractivity contribution in [2.45, 2.75) is 44.4 Å². The molecule has 1 heterocycles. The average Bonchev–Trinajstić information content (AvgIpc) is 2.88. The molecule has 20 heavy (non-hydrogen) atoms. The summed E-state index contributed by atoms with van der Waals surface area (Å²) >= 11 is 6.46. The van der Waals surface area contributed by atoms with E-state index in [4.69, 9.17) is 21.1 Å². The molecule has 1 aromatic rings. The number of aryl methyl sites for hydroxylation is 1. The lowest BCUT2D eigenvalue weighted by Gasteiger charge is -2.35. The Labute approximate surface area is 122 Å². The maximum Gasteiger partial charge on any atom is 0.314 e. The standard InChI is InChI=1S/C15H17ClO4/c1-9-7-10-13(20-8-19-10)12(16)11(9)15(14(17)18)5-3-2-4-6-15/h7H,2-6,8H2,1H3,(H,17,18). The van der Waals surface area contributed by atoms with Crippen LogP contribution in [0.2, 0.25) is 5.02 Å². The fraction of sp³-hybridized carbons (Fsp3) is 0.533. The summed E-state index contributed by atoms with van der Waals surface area (Å²) in [6, 6.07) is 1.84. The minimum absolute atomic E-state index is 0.137. The van der Waals surface area contributed by atoms with Gasteiger partial charge in [-0.2, -0.15) is 0 Å². The van der Waals surface area contributed by atoms with Gasteiger partial charge in [-0.15, -0.1) is 0 Å². The van der Waals surface area contributed by atoms with Crippen molar-refractivity contribution in [1.82, 2.24) is 0 Å². The van der Waals surface area contributed by atoms with Crippen molar-refractivity contribution in [3.05, 3.63) is 22.2 Å². The second-order valence-electron chi connectivity index (χ2n) is 5.56. The van der Waals surface area contributed by atoms with Crippen LogP contribution in [-0.2, 0) is 10.2 Å². The van der Waals surface area contributed by atoms with Gasteiger partial charge in [-0.25, -0.2) is 0 Å². The number of carbonyl (C=O) groups is 1. The molecule has 1 aliphatic heterocycles. The van der Waals surface area contributed by atoms with E-state index in [0.29, 0.717) is 34.9 Å². The van der Waals surface area contributed by atoms with Crippen molar-refractivity contribution < 1.29 is 19.4 Å². The second kappa shape index (κ2) is 4.85. The SMILES string of the molecule is Cc1cc2c(c(Cl)c1C1(C(=O)O)CCCCC1)OCO2. The van der Waals surface area contributed by atoms with Gasteiger partial charge in [0.2, 0.25) is 6.79 Å². The summed E-state index contributed by atoms with van der Waals surface area (Å²) in [4.78, 5) is 12.0.